The number of benzene rings is 1. The molecule has 0 bridgehead atoms. The average molecular weight is 281 g/mol. The Morgan fingerprint density at radius 2 is 2.05 bits per heavy atom. The third-order valence-corrected chi connectivity index (χ3v) is 3.45. The van der Waals surface area contributed by atoms with Crippen molar-refractivity contribution in [2.24, 2.45) is 0 Å². The van der Waals surface area contributed by atoms with E-state index in [0.717, 1.165) is 35.3 Å². The van der Waals surface area contributed by atoms with Gasteiger partial charge in [0.1, 0.15) is 10.5 Å². The molecule has 0 amide bonds. The zero-order valence-corrected chi connectivity index (χ0v) is 12.1. The second-order valence-electron chi connectivity index (χ2n) is 4.74. The number of rotatable bonds is 3. The van der Waals surface area contributed by atoms with Gasteiger partial charge in [0.2, 0.25) is 0 Å². The SMILES string of the molecule is CCCc1nc(=S)cc(-c2cncc3ccccc23)[nH]1. The molecule has 2 heterocycles. The van der Waals surface area contributed by atoms with Crippen LogP contribution < -0.4 is 0 Å². The molecule has 0 atom stereocenters. The van der Waals surface area contributed by atoms with Crippen LogP contribution in [0.2, 0.25) is 0 Å². The molecule has 1 N–H and O–H groups in total. The lowest BCUT2D eigenvalue weighted by molar-refractivity contribution is 0.833. The monoisotopic (exact) mass is 281 g/mol. The lowest BCUT2D eigenvalue weighted by Crippen LogP contribution is -1.97. The summed E-state index contributed by atoms with van der Waals surface area (Å²) in [6.07, 6.45) is 5.69. The smallest absolute Gasteiger partial charge is 0.130 e. The Kier molecular flexibility index (Phi) is 3.56. The van der Waals surface area contributed by atoms with Gasteiger partial charge in [-0.05, 0) is 17.9 Å². The number of pyridine rings is 1. The first-order valence-electron chi connectivity index (χ1n) is 6.71. The minimum Gasteiger partial charge on any atom is -0.343 e. The van der Waals surface area contributed by atoms with E-state index in [-0.39, 0.29) is 0 Å². The maximum atomic E-state index is 5.27. The van der Waals surface area contributed by atoms with Crippen LogP contribution in [0.5, 0.6) is 0 Å². The van der Waals surface area contributed by atoms with Crippen molar-refractivity contribution >= 4 is 23.0 Å². The van der Waals surface area contributed by atoms with Crippen molar-refractivity contribution < 1.29 is 0 Å². The molecule has 0 radical (unpaired) electrons. The molecule has 3 nitrogen and oxygen atoms in total. The number of H-pyrrole nitrogens is 1. The van der Waals surface area contributed by atoms with E-state index >= 15 is 0 Å². The lowest BCUT2D eigenvalue weighted by atomic mass is 10.1. The number of aryl methyl sites for hydroxylation is 1. The van der Waals surface area contributed by atoms with Crippen molar-refractivity contribution in [3.05, 3.63) is 53.2 Å². The number of fused-ring (bicyclic) bond motifs is 1. The Balaban J connectivity index is 2.23. The van der Waals surface area contributed by atoms with Crippen molar-refractivity contribution in [1.82, 2.24) is 15.0 Å². The normalized spacial score (nSPS) is 10.8. The Bertz CT molecular complexity index is 803. The average Bonchev–Trinajstić information content (AvgIpc) is 2.46. The van der Waals surface area contributed by atoms with Gasteiger partial charge < -0.3 is 4.98 Å². The highest BCUT2D eigenvalue weighted by Gasteiger charge is 2.06. The summed E-state index contributed by atoms with van der Waals surface area (Å²) >= 11 is 5.27. The molecule has 20 heavy (non-hydrogen) atoms. The molecular weight excluding hydrogens is 266 g/mol. The molecular formula is C16H15N3S. The van der Waals surface area contributed by atoms with E-state index in [1.807, 2.05) is 30.6 Å². The van der Waals surface area contributed by atoms with Gasteiger partial charge in [-0.1, -0.05) is 43.4 Å². The second kappa shape index (κ2) is 5.51. The summed E-state index contributed by atoms with van der Waals surface area (Å²) in [5.41, 5.74) is 2.05. The van der Waals surface area contributed by atoms with Gasteiger partial charge in [-0.2, -0.15) is 0 Å². The predicted molar refractivity (Wildman–Crippen MR) is 84.2 cm³/mol. The fraction of sp³-hybridized carbons (Fsp3) is 0.188. The third-order valence-electron chi connectivity index (χ3n) is 3.24. The maximum Gasteiger partial charge on any atom is 0.130 e. The lowest BCUT2D eigenvalue weighted by Gasteiger charge is -2.08. The summed E-state index contributed by atoms with van der Waals surface area (Å²) in [6.45, 7) is 2.13. The Morgan fingerprint density at radius 3 is 2.90 bits per heavy atom. The molecule has 2 aromatic heterocycles. The topological polar surface area (TPSA) is 41.6 Å². The van der Waals surface area contributed by atoms with E-state index in [0.29, 0.717) is 4.64 Å². The summed E-state index contributed by atoms with van der Waals surface area (Å²) in [4.78, 5) is 12.1. The van der Waals surface area contributed by atoms with E-state index in [9.17, 15) is 0 Å². The first kappa shape index (κ1) is 12.9. The number of nitrogens with one attached hydrogen (secondary N) is 1. The minimum atomic E-state index is 0.620. The van der Waals surface area contributed by atoms with Crippen LogP contribution >= 0.6 is 12.2 Å². The molecule has 3 rings (SSSR count). The molecule has 0 aliphatic rings. The summed E-state index contributed by atoms with van der Waals surface area (Å²) in [7, 11) is 0. The minimum absolute atomic E-state index is 0.620. The van der Waals surface area contributed by atoms with Crippen LogP contribution in [0.3, 0.4) is 0 Å². The number of aromatic amines is 1. The molecule has 3 aromatic rings. The standard InChI is InChI=1S/C16H15N3S/c1-2-5-15-18-14(8-16(20)19-15)13-10-17-9-11-6-3-4-7-12(11)13/h3-4,6-10H,2,5H2,1H3,(H,18,19,20). The molecule has 4 heteroatoms. The van der Waals surface area contributed by atoms with Crippen LogP contribution in [0, 0.1) is 4.64 Å². The van der Waals surface area contributed by atoms with Gasteiger partial charge in [0.25, 0.3) is 0 Å². The highest BCUT2D eigenvalue weighted by atomic mass is 32.1. The van der Waals surface area contributed by atoms with Gasteiger partial charge in [-0.25, -0.2) is 4.98 Å². The zero-order chi connectivity index (χ0) is 13.9. The Labute approximate surface area is 122 Å². The summed E-state index contributed by atoms with van der Waals surface area (Å²) in [6, 6.07) is 10.1. The number of hydrogen-bond donors (Lipinski definition) is 1. The van der Waals surface area contributed by atoms with E-state index in [1.165, 1.54) is 5.39 Å². The molecule has 0 aliphatic heterocycles. The van der Waals surface area contributed by atoms with Crippen molar-refractivity contribution in [3.63, 3.8) is 0 Å². The van der Waals surface area contributed by atoms with Crippen LogP contribution in [0.1, 0.15) is 19.2 Å². The fourth-order valence-corrected chi connectivity index (χ4v) is 2.57. The number of hydrogen-bond acceptors (Lipinski definition) is 3. The summed E-state index contributed by atoms with van der Waals surface area (Å²) in [5, 5.41) is 2.29. The van der Waals surface area contributed by atoms with Crippen molar-refractivity contribution in [2.75, 3.05) is 0 Å². The van der Waals surface area contributed by atoms with Crippen molar-refractivity contribution in [3.8, 4) is 11.3 Å². The highest BCUT2D eigenvalue weighted by Crippen LogP contribution is 2.26. The predicted octanol–water partition coefficient (Wildman–Crippen LogP) is 4.31. The first-order chi connectivity index (χ1) is 9.78. The molecule has 0 spiro atoms. The van der Waals surface area contributed by atoms with Gasteiger partial charge in [0, 0.05) is 29.8 Å². The van der Waals surface area contributed by atoms with Gasteiger partial charge >= 0.3 is 0 Å². The molecule has 100 valence electrons. The zero-order valence-electron chi connectivity index (χ0n) is 11.3. The van der Waals surface area contributed by atoms with Crippen LogP contribution in [0.25, 0.3) is 22.0 Å². The van der Waals surface area contributed by atoms with E-state index < -0.39 is 0 Å². The maximum absolute atomic E-state index is 5.27. The number of aromatic nitrogens is 3. The third kappa shape index (κ3) is 2.47. The first-order valence-corrected chi connectivity index (χ1v) is 7.12. The largest absolute Gasteiger partial charge is 0.343 e. The molecule has 0 saturated heterocycles. The van der Waals surface area contributed by atoms with Gasteiger partial charge in [0.05, 0.1) is 5.69 Å². The van der Waals surface area contributed by atoms with Crippen molar-refractivity contribution in [2.45, 2.75) is 19.8 Å². The fourth-order valence-electron chi connectivity index (χ4n) is 2.34. The van der Waals surface area contributed by atoms with E-state index in [2.05, 4.69) is 34.0 Å². The molecule has 0 unspecified atom stereocenters. The van der Waals surface area contributed by atoms with Crippen LogP contribution in [0.4, 0.5) is 0 Å². The second-order valence-corrected chi connectivity index (χ2v) is 5.16. The molecule has 0 fully saturated rings. The van der Waals surface area contributed by atoms with Crippen molar-refractivity contribution in [1.29, 1.82) is 0 Å². The van der Waals surface area contributed by atoms with Gasteiger partial charge in [0.15, 0.2) is 0 Å². The Morgan fingerprint density at radius 1 is 1.20 bits per heavy atom. The van der Waals surface area contributed by atoms with Crippen LogP contribution in [0.15, 0.2) is 42.7 Å². The molecule has 1 aromatic carbocycles. The molecule has 0 aliphatic carbocycles. The van der Waals surface area contributed by atoms with Gasteiger partial charge in [-0.3, -0.25) is 4.98 Å². The quantitative estimate of drug-likeness (QED) is 0.727. The van der Waals surface area contributed by atoms with Crippen LogP contribution in [-0.4, -0.2) is 15.0 Å². The molecule has 0 saturated carbocycles. The van der Waals surface area contributed by atoms with Crippen LogP contribution in [-0.2, 0) is 6.42 Å². The summed E-state index contributed by atoms with van der Waals surface area (Å²) in [5.74, 6) is 0.933. The summed E-state index contributed by atoms with van der Waals surface area (Å²) < 4.78 is 0.620. The number of nitrogens with zero attached hydrogens (tertiary/aromatic N) is 2. The van der Waals surface area contributed by atoms with E-state index in [1.54, 1.807) is 0 Å². The highest BCUT2D eigenvalue weighted by molar-refractivity contribution is 7.71. The van der Waals surface area contributed by atoms with Gasteiger partial charge in [-0.15, -0.1) is 0 Å². The Hall–Kier alpha value is -2.07. The van der Waals surface area contributed by atoms with E-state index in [4.69, 9.17) is 12.2 Å².